The number of benzene rings is 3. The summed E-state index contributed by atoms with van der Waals surface area (Å²) in [6, 6.07) is 18.7. The topological polar surface area (TPSA) is 96.0 Å². The molecule has 208 valence electrons. The van der Waals surface area contributed by atoms with E-state index in [0.29, 0.717) is 17.7 Å². The number of sulfonamides is 1. The second-order valence-electron chi connectivity index (χ2n) is 9.17. The molecule has 0 aliphatic carbocycles. The van der Waals surface area contributed by atoms with Crippen molar-refractivity contribution in [3.63, 3.8) is 0 Å². The van der Waals surface area contributed by atoms with E-state index < -0.39 is 34.3 Å². The van der Waals surface area contributed by atoms with E-state index in [1.807, 2.05) is 13.8 Å². The van der Waals surface area contributed by atoms with E-state index >= 15 is 0 Å². The first-order valence-electron chi connectivity index (χ1n) is 12.6. The van der Waals surface area contributed by atoms with Crippen LogP contribution in [-0.2, 0) is 26.2 Å². The number of hydrogen-bond acceptors (Lipinski definition) is 5. The SMILES string of the molecule is CCC(C)NC(=O)C(C)N(Cc1cccc(OC)c1)C(=O)CN(c1ccccc1)S(=O)(=O)c1ccc(F)cc1. The molecule has 2 atom stereocenters. The van der Waals surface area contributed by atoms with Crippen molar-refractivity contribution in [2.24, 2.45) is 0 Å². The van der Waals surface area contributed by atoms with E-state index in [4.69, 9.17) is 4.74 Å². The standard InChI is InChI=1S/C29H34FN3O5S/c1-5-21(2)31-29(35)22(3)32(19-23-10-9-13-26(18-23)38-4)28(34)20-33(25-11-7-6-8-12-25)39(36,37)27-16-14-24(30)15-17-27/h6-18,21-22H,5,19-20H2,1-4H3,(H,31,35). The zero-order valence-corrected chi connectivity index (χ0v) is 23.3. The summed E-state index contributed by atoms with van der Waals surface area (Å²) in [5.74, 6) is -0.935. The molecule has 0 aliphatic rings. The third-order valence-corrected chi connectivity index (χ3v) is 8.17. The molecular weight excluding hydrogens is 521 g/mol. The number of methoxy groups -OCH3 is 1. The van der Waals surface area contributed by atoms with Crippen molar-refractivity contribution in [1.29, 1.82) is 0 Å². The molecule has 2 amide bonds. The van der Waals surface area contributed by atoms with Crippen molar-refractivity contribution in [3.8, 4) is 5.75 Å². The van der Waals surface area contributed by atoms with Gasteiger partial charge in [0.15, 0.2) is 0 Å². The van der Waals surface area contributed by atoms with Crippen molar-refractivity contribution < 1.29 is 27.1 Å². The Bertz CT molecular complexity index is 1370. The number of carbonyl (C=O) groups is 2. The highest BCUT2D eigenvalue weighted by Crippen LogP contribution is 2.25. The Balaban J connectivity index is 2.00. The van der Waals surface area contributed by atoms with E-state index in [-0.39, 0.29) is 29.1 Å². The zero-order chi connectivity index (χ0) is 28.6. The summed E-state index contributed by atoms with van der Waals surface area (Å²) in [7, 11) is -2.72. The van der Waals surface area contributed by atoms with Crippen molar-refractivity contribution in [3.05, 3.63) is 90.2 Å². The third kappa shape index (κ3) is 7.57. The van der Waals surface area contributed by atoms with E-state index in [0.717, 1.165) is 28.6 Å². The summed E-state index contributed by atoms with van der Waals surface area (Å²) in [5.41, 5.74) is 0.965. The number of ether oxygens (including phenoxy) is 1. The second kappa shape index (κ2) is 13.2. The monoisotopic (exact) mass is 555 g/mol. The summed E-state index contributed by atoms with van der Waals surface area (Å²) in [6.07, 6.45) is 0.708. The lowest BCUT2D eigenvalue weighted by molar-refractivity contribution is -0.139. The fourth-order valence-corrected chi connectivity index (χ4v) is 5.29. The molecule has 39 heavy (non-hydrogen) atoms. The minimum atomic E-state index is -4.25. The van der Waals surface area contributed by atoms with Gasteiger partial charge in [0.2, 0.25) is 11.8 Å². The molecule has 10 heteroatoms. The average Bonchev–Trinajstić information content (AvgIpc) is 2.94. The van der Waals surface area contributed by atoms with Crippen LogP contribution in [0.5, 0.6) is 5.75 Å². The Labute approximate surface area is 229 Å². The Kier molecular flexibility index (Phi) is 10.1. The molecule has 0 aliphatic heterocycles. The molecule has 0 heterocycles. The molecule has 0 aromatic heterocycles. The van der Waals surface area contributed by atoms with Crippen LogP contribution in [0.1, 0.15) is 32.8 Å². The molecule has 2 unspecified atom stereocenters. The summed E-state index contributed by atoms with van der Waals surface area (Å²) < 4.78 is 47.2. The van der Waals surface area contributed by atoms with Gasteiger partial charge in [0, 0.05) is 12.6 Å². The molecule has 1 N–H and O–H groups in total. The molecule has 8 nitrogen and oxygen atoms in total. The minimum Gasteiger partial charge on any atom is -0.497 e. The highest BCUT2D eigenvalue weighted by atomic mass is 32.2. The number of nitrogens with one attached hydrogen (secondary N) is 1. The van der Waals surface area contributed by atoms with Crippen molar-refractivity contribution in [2.75, 3.05) is 18.0 Å². The minimum absolute atomic E-state index is 0.0460. The molecule has 0 bridgehead atoms. The van der Waals surface area contributed by atoms with Crippen molar-refractivity contribution in [2.45, 2.75) is 50.7 Å². The normalized spacial score (nSPS) is 12.7. The number of carbonyl (C=O) groups excluding carboxylic acids is 2. The van der Waals surface area contributed by atoms with Crippen LogP contribution in [0, 0.1) is 5.82 Å². The Hall–Kier alpha value is -3.92. The van der Waals surface area contributed by atoms with Gasteiger partial charge in [-0.25, -0.2) is 12.8 Å². The number of halogens is 1. The van der Waals surface area contributed by atoms with Gasteiger partial charge >= 0.3 is 0 Å². The highest BCUT2D eigenvalue weighted by Gasteiger charge is 2.32. The number of hydrogen-bond donors (Lipinski definition) is 1. The first-order chi connectivity index (χ1) is 18.6. The number of para-hydroxylation sites is 1. The lowest BCUT2D eigenvalue weighted by Crippen LogP contribution is -2.52. The molecule has 3 aromatic carbocycles. The third-order valence-electron chi connectivity index (χ3n) is 6.38. The van der Waals surface area contributed by atoms with Gasteiger partial charge in [-0.05, 0) is 74.4 Å². The van der Waals surface area contributed by atoms with Gasteiger partial charge in [0.1, 0.15) is 24.2 Å². The average molecular weight is 556 g/mol. The molecule has 0 saturated heterocycles. The van der Waals surface area contributed by atoms with Crippen LogP contribution in [0.25, 0.3) is 0 Å². The smallest absolute Gasteiger partial charge is 0.264 e. The van der Waals surface area contributed by atoms with Gasteiger partial charge in [0.25, 0.3) is 10.0 Å². The summed E-state index contributed by atoms with van der Waals surface area (Å²) in [6.45, 7) is 4.88. The van der Waals surface area contributed by atoms with E-state index in [1.165, 1.54) is 12.0 Å². The maximum absolute atomic E-state index is 13.9. The van der Waals surface area contributed by atoms with Crippen LogP contribution in [-0.4, -0.2) is 50.9 Å². The number of rotatable bonds is 12. The Morgan fingerprint density at radius 2 is 1.64 bits per heavy atom. The Morgan fingerprint density at radius 1 is 0.974 bits per heavy atom. The van der Waals surface area contributed by atoms with Crippen LogP contribution in [0.3, 0.4) is 0 Å². The first-order valence-corrected chi connectivity index (χ1v) is 14.1. The van der Waals surface area contributed by atoms with Crippen LogP contribution in [0.15, 0.2) is 83.8 Å². The van der Waals surface area contributed by atoms with Gasteiger partial charge in [-0.15, -0.1) is 0 Å². The molecule has 3 aromatic rings. The van der Waals surface area contributed by atoms with E-state index in [1.54, 1.807) is 61.5 Å². The van der Waals surface area contributed by atoms with E-state index in [2.05, 4.69) is 5.32 Å². The molecular formula is C29H34FN3O5S. The quantitative estimate of drug-likeness (QED) is 0.358. The van der Waals surface area contributed by atoms with Crippen molar-refractivity contribution >= 4 is 27.5 Å². The first kappa shape index (κ1) is 29.6. The summed E-state index contributed by atoms with van der Waals surface area (Å²) in [5, 5.41) is 2.89. The predicted octanol–water partition coefficient (Wildman–Crippen LogP) is 4.36. The molecule has 0 fully saturated rings. The van der Waals surface area contributed by atoms with Gasteiger partial charge in [-0.3, -0.25) is 13.9 Å². The van der Waals surface area contributed by atoms with Crippen LogP contribution < -0.4 is 14.4 Å². The van der Waals surface area contributed by atoms with E-state index in [9.17, 15) is 22.4 Å². The second-order valence-corrected chi connectivity index (χ2v) is 11.0. The maximum Gasteiger partial charge on any atom is 0.264 e. The van der Waals surface area contributed by atoms with Crippen molar-refractivity contribution in [1.82, 2.24) is 10.2 Å². The number of nitrogens with zero attached hydrogens (tertiary/aromatic N) is 2. The molecule has 0 spiro atoms. The lowest BCUT2D eigenvalue weighted by atomic mass is 10.1. The van der Waals surface area contributed by atoms with Gasteiger partial charge in [-0.2, -0.15) is 0 Å². The summed E-state index contributed by atoms with van der Waals surface area (Å²) in [4.78, 5) is 28.1. The molecule has 0 saturated carbocycles. The van der Waals surface area contributed by atoms with Gasteiger partial charge < -0.3 is 15.0 Å². The van der Waals surface area contributed by atoms with Crippen LogP contribution in [0.4, 0.5) is 10.1 Å². The Morgan fingerprint density at radius 3 is 2.26 bits per heavy atom. The maximum atomic E-state index is 13.9. The number of amides is 2. The number of anilines is 1. The van der Waals surface area contributed by atoms with Crippen LogP contribution >= 0.6 is 0 Å². The highest BCUT2D eigenvalue weighted by molar-refractivity contribution is 7.92. The van der Waals surface area contributed by atoms with Gasteiger partial charge in [-0.1, -0.05) is 37.3 Å². The summed E-state index contributed by atoms with van der Waals surface area (Å²) >= 11 is 0. The largest absolute Gasteiger partial charge is 0.497 e. The van der Waals surface area contributed by atoms with Crippen LogP contribution in [0.2, 0.25) is 0 Å². The fourth-order valence-electron chi connectivity index (χ4n) is 3.87. The zero-order valence-electron chi connectivity index (χ0n) is 22.5. The predicted molar refractivity (Wildman–Crippen MR) is 148 cm³/mol. The lowest BCUT2D eigenvalue weighted by Gasteiger charge is -2.32. The molecule has 0 radical (unpaired) electrons. The fraction of sp³-hybridized carbons (Fsp3) is 0.310. The molecule has 3 rings (SSSR count). The van der Waals surface area contributed by atoms with Gasteiger partial charge in [0.05, 0.1) is 17.7 Å².